The molecule has 1 fully saturated rings. The molecule has 27 heavy (non-hydrogen) atoms. The number of hydrogen-bond donors (Lipinski definition) is 3. The highest BCUT2D eigenvalue weighted by molar-refractivity contribution is 6.34. The van der Waals surface area contributed by atoms with Gasteiger partial charge in [-0.2, -0.15) is 0 Å². The lowest BCUT2D eigenvalue weighted by Gasteiger charge is -2.42. The molecule has 6 nitrogen and oxygen atoms in total. The number of anilines is 1. The predicted octanol–water partition coefficient (Wildman–Crippen LogP) is 3.88. The van der Waals surface area contributed by atoms with E-state index in [2.05, 4.69) is 24.5 Å². The number of likely N-dealkylation sites (tertiary alicyclic amines) is 1. The van der Waals surface area contributed by atoms with Gasteiger partial charge in [0.05, 0.1) is 10.6 Å². The third-order valence-corrected chi connectivity index (χ3v) is 4.87. The van der Waals surface area contributed by atoms with Gasteiger partial charge in [-0.1, -0.05) is 25.4 Å². The molecule has 0 aromatic heterocycles. The maximum Gasteiger partial charge on any atom is 0.319 e. The van der Waals surface area contributed by atoms with Crippen LogP contribution in [0.5, 0.6) is 0 Å². The number of rotatable bonds is 2. The summed E-state index contributed by atoms with van der Waals surface area (Å²) in [5, 5.41) is 5.93. The van der Waals surface area contributed by atoms with Crippen LogP contribution >= 0.6 is 24.0 Å². The van der Waals surface area contributed by atoms with Crippen LogP contribution < -0.4 is 16.4 Å². The van der Waals surface area contributed by atoms with Crippen molar-refractivity contribution in [3.8, 4) is 0 Å². The standard InChI is InChI=1S/C19H29ClN4O2.ClH/c1-18(2,3)23-17(26)22-12-6-7-14(20)13(10-12)16(25)24-9-8-15(21)19(4,5)11-24;/h6-7,10,15H,8-9,11,21H2,1-5H3,(H2,22,23,26);1H. The normalized spacial score (nSPS) is 19.1. The first-order valence-corrected chi connectivity index (χ1v) is 9.20. The summed E-state index contributed by atoms with van der Waals surface area (Å²) < 4.78 is 0. The van der Waals surface area contributed by atoms with Crippen molar-refractivity contribution >= 4 is 41.6 Å². The average Bonchev–Trinajstić information content (AvgIpc) is 2.49. The van der Waals surface area contributed by atoms with E-state index in [1.165, 1.54) is 0 Å². The van der Waals surface area contributed by atoms with Gasteiger partial charge >= 0.3 is 6.03 Å². The molecular formula is C19H30Cl2N4O2. The van der Waals surface area contributed by atoms with Gasteiger partial charge < -0.3 is 21.3 Å². The maximum atomic E-state index is 13.0. The second-order valence-corrected chi connectivity index (χ2v) is 9.04. The highest BCUT2D eigenvalue weighted by Crippen LogP contribution is 2.30. The van der Waals surface area contributed by atoms with E-state index in [1.54, 1.807) is 23.1 Å². The van der Waals surface area contributed by atoms with E-state index >= 15 is 0 Å². The molecule has 1 aliphatic heterocycles. The predicted molar refractivity (Wildman–Crippen MR) is 113 cm³/mol. The van der Waals surface area contributed by atoms with Gasteiger partial charge in [0.25, 0.3) is 5.91 Å². The smallest absolute Gasteiger partial charge is 0.319 e. The van der Waals surface area contributed by atoms with Gasteiger partial charge in [0.15, 0.2) is 0 Å². The van der Waals surface area contributed by atoms with Crippen molar-refractivity contribution in [2.45, 2.75) is 52.6 Å². The van der Waals surface area contributed by atoms with Gasteiger partial charge in [-0.05, 0) is 50.8 Å². The van der Waals surface area contributed by atoms with E-state index < -0.39 is 0 Å². The number of piperidine rings is 1. The van der Waals surface area contributed by atoms with Gasteiger partial charge in [-0.25, -0.2) is 4.79 Å². The summed E-state index contributed by atoms with van der Waals surface area (Å²) in [7, 11) is 0. The second kappa shape index (κ2) is 8.67. The first-order valence-electron chi connectivity index (χ1n) is 8.83. The first kappa shape index (κ1) is 23.5. The lowest BCUT2D eigenvalue weighted by atomic mass is 9.79. The van der Waals surface area contributed by atoms with Crippen LogP contribution in [-0.4, -0.2) is 41.5 Å². The van der Waals surface area contributed by atoms with Gasteiger partial charge in [-0.15, -0.1) is 12.4 Å². The minimum absolute atomic E-state index is 0. The Morgan fingerprint density at radius 3 is 2.48 bits per heavy atom. The summed E-state index contributed by atoms with van der Waals surface area (Å²) >= 11 is 6.25. The van der Waals surface area contributed by atoms with Crippen LogP contribution in [0.15, 0.2) is 18.2 Å². The van der Waals surface area contributed by atoms with E-state index in [-0.39, 0.29) is 41.3 Å². The van der Waals surface area contributed by atoms with Crippen molar-refractivity contribution in [3.05, 3.63) is 28.8 Å². The SMILES string of the molecule is CC(C)(C)NC(=O)Nc1ccc(Cl)c(C(=O)N2CCC(N)C(C)(C)C2)c1.Cl. The van der Waals surface area contributed by atoms with E-state index in [1.807, 2.05) is 20.8 Å². The van der Waals surface area contributed by atoms with Gasteiger partial charge in [-0.3, -0.25) is 4.79 Å². The Balaban J connectivity index is 0.00000364. The molecule has 3 amide bonds. The van der Waals surface area contributed by atoms with E-state index in [9.17, 15) is 9.59 Å². The molecular weight excluding hydrogens is 387 g/mol. The Bertz CT molecular complexity index is 701. The molecule has 1 aromatic carbocycles. The summed E-state index contributed by atoms with van der Waals surface area (Å²) in [5.41, 5.74) is 6.55. The minimum Gasteiger partial charge on any atom is -0.338 e. The van der Waals surface area contributed by atoms with Crippen LogP contribution in [0.2, 0.25) is 5.02 Å². The van der Waals surface area contributed by atoms with Crippen molar-refractivity contribution in [3.63, 3.8) is 0 Å². The number of carbonyl (C=O) groups is 2. The molecule has 1 aromatic rings. The molecule has 152 valence electrons. The Hall–Kier alpha value is -1.50. The lowest BCUT2D eigenvalue weighted by molar-refractivity contribution is 0.0533. The highest BCUT2D eigenvalue weighted by Gasteiger charge is 2.36. The van der Waals surface area contributed by atoms with Crippen molar-refractivity contribution in [1.82, 2.24) is 10.2 Å². The molecule has 1 heterocycles. The number of halogens is 2. The number of nitrogens with zero attached hydrogens (tertiary/aromatic N) is 1. The summed E-state index contributed by atoms with van der Waals surface area (Å²) in [5.74, 6) is -0.144. The van der Waals surface area contributed by atoms with Gasteiger partial charge in [0.2, 0.25) is 0 Å². The third kappa shape index (κ3) is 6.26. The molecule has 1 saturated heterocycles. The lowest BCUT2D eigenvalue weighted by Crippen LogP contribution is -2.54. The molecule has 0 bridgehead atoms. The zero-order valence-electron chi connectivity index (χ0n) is 16.6. The molecule has 1 atom stereocenters. The second-order valence-electron chi connectivity index (χ2n) is 8.63. The average molecular weight is 417 g/mol. The molecule has 0 aliphatic carbocycles. The Kier molecular flexibility index (Phi) is 7.56. The van der Waals surface area contributed by atoms with Gasteiger partial charge in [0, 0.05) is 30.4 Å². The van der Waals surface area contributed by atoms with E-state index in [4.69, 9.17) is 17.3 Å². The largest absolute Gasteiger partial charge is 0.338 e. The van der Waals surface area contributed by atoms with E-state index in [0.29, 0.717) is 29.4 Å². The summed E-state index contributed by atoms with van der Waals surface area (Å²) in [6.45, 7) is 11.0. The number of benzene rings is 1. The summed E-state index contributed by atoms with van der Waals surface area (Å²) in [6.07, 6.45) is 0.752. The van der Waals surface area contributed by atoms with Crippen LogP contribution in [0, 0.1) is 5.41 Å². The Labute approximate surface area is 172 Å². The minimum atomic E-state index is -0.354. The number of urea groups is 1. The fourth-order valence-corrected chi connectivity index (χ4v) is 3.19. The van der Waals surface area contributed by atoms with Crippen LogP contribution in [0.4, 0.5) is 10.5 Å². The zero-order chi connectivity index (χ0) is 19.7. The quantitative estimate of drug-likeness (QED) is 0.683. The van der Waals surface area contributed by atoms with Crippen molar-refractivity contribution in [1.29, 1.82) is 0 Å². The summed E-state index contributed by atoms with van der Waals surface area (Å²) in [6, 6.07) is 4.66. The van der Waals surface area contributed by atoms with Crippen LogP contribution in [0.1, 0.15) is 51.4 Å². The number of carbonyl (C=O) groups excluding carboxylic acids is 2. The first-order chi connectivity index (χ1) is 11.9. The van der Waals surface area contributed by atoms with Crippen molar-refractivity contribution < 1.29 is 9.59 Å². The fraction of sp³-hybridized carbons (Fsp3) is 0.579. The molecule has 0 saturated carbocycles. The number of nitrogens with two attached hydrogens (primary N) is 1. The monoisotopic (exact) mass is 416 g/mol. The maximum absolute atomic E-state index is 13.0. The number of amides is 3. The molecule has 1 aliphatic rings. The molecule has 0 radical (unpaired) electrons. The van der Waals surface area contributed by atoms with E-state index in [0.717, 1.165) is 6.42 Å². The van der Waals surface area contributed by atoms with Crippen LogP contribution in [-0.2, 0) is 0 Å². The molecule has 2 rings (SSSR count). The Morgan fingerprint density at radius 2 is 1.93 bits per heavy atom. The molecule has 0 spiro atoms. The van der Waals surface area contributed by atoms with Crippen molar-refractivity contribution in [2.24, 2.45) is 11.1 Å². The van der Waals surface area contributed by atoms with Crippen LogP contribution in [0.3, 0.4) is 0 Å². The zero-order valence-corrected chi connectivity index (χ0v) is 18.1. The summed E-state index contributed by atoms with van der Waals surface area (Å²) in [4.78, 5) is 26.8. The topological polar surface area (TPSA) is 87.5 Å². The Morgan fingerprint density at radius 1 is 1.30 bits per heavy atom. The van der Waals surface area contributed by atoms with Crippen molar-refractivity contribution in [2.75, 3.05) is 18.4 Å². The number of hydrogen-bond acceptors (Lipinski definition) is 3. The molecule has 1 unspecified atom stereocenters. The van der Waals surface area contributed by atoms with Gasteiger partial charge in [0.1, 0.15) is 0 Å². The molecule has 4 N–H and O–H groups in total. The highest BCUT2D eigenvalue weighted by atomic mass is 35.5. The number of nitrogens with one attached hydrogen (secondary N) is 2. The fourth-order valence-electron chi connectivity index (χ4n) is 2.99. The van der Waals surface area contributed by atoms with Crippen LogP contribution in [0.25, 0.3) is 0 Å². The third-order valence-electron chi connectivity index (χ3n) is 4.54. The molecule has 8 heteroatoms.